The van der Waals surface area contributed by atoms with Gasteiger partial charge in [-0.1, -0.05) is 0 Å². The zero-order valence-corrected chi connectivity index (χ0v) is 7.90. The van der Waals surface area contributed by atoms with Crippen molar-refractivity contribution in [3.8, 4) is 12.1 Å². The second kappa shape index (κ2) is 2.87. The Morgan fingerprint density at radius 1 is 1.38 bits per heavy atom. The summed E-state index contributed by atoms with van der Waals surface area (Å²) in [7, 11) is 0. The Morgan fingerprint density at radius 2 is 2.15 bits per heavy atom. The van der Waals surface area contributed by atoms with E-state index in [9.17, 15) is 0 Å². The van der Waals surface area contributed by atoms with Crippen molar-refractivity contribution in [3.05, 3.63) is 21.9 Å². The molecule has 0 atom stereocenters. The topological polar surface area (TPSA) is 47.6 Å². The molecule has 2 rings (SSSR count). The Kier molecular flexibility index (Phi) is 1.83. The molecule has 0 N–H and O–H groups in total. The first-order valence-corrected chi connectivity index (χ1v) is 5.09. The zero-order chi connectivity index (χ0) is 9.31. The third kappa shape index (κ3) is 1.13. The summed E-state index contributed by atoms with van der Waals surface area (Å²) < 4.78 is 0. The Bertz CT molecular complexity index is 401. The smallest absolute Gasteiger partial charge is 0.100 e. The number of hydrogen-bond acceptors (Lipinski definition) is 3. The van der Waals surface area contributed by atoms with Crippen LogP contribution in [0.2, 0.25) is 0 Å². The Morgan fingerprint density at radius 3 is 2.54 bits per heavy atom. The standard InChI is InChI=1S/C10H8N2S/c11-5-8-4-9(13-6-8)10(7-12)2-1-3-10/h4,6H,1-3H2. The van der Waals surface area contributed by atoms with Gasteiger partial charge in [0.15, 0.2) is 0 Å². The molecule has 2 nitrogen and oxygen atoms in total. The maximum Gasteiger partial charge on any atom is 0.100 e. The van der Waals surface area contributed by atoms with Gasteiger partial charge in [0.05, 0.1) is 17.0 Å². The predicted molar refractivity (Wildman–Crippen MR) is 50.2 cm³/mol. The van der Waals surface area contributed by atoms with Crippen LogP contribution in [0.5, 0.6) is 0 Å². The van der Waals surface area contributed by atoms with Crippen LogP contribution >= 0.6 is 11.3 Å². The van der Waals surface area contributed by atoms with Crippen molar-refractivity contribution in [2.45, 2.75) is 24.7 Å². The summed E-state index contributed by atoms with van der Waals surface area (Å²) in [6.07, 6.45) is 3.04. The molecule has 0 amide bonds. The fourth-order valence-electron chi connectivity index (χ4n) is 1.59. The normalized spacial score (nSPS) is 18.3. The molecule has 1 aromatic rings. The molecule has 13 heavy (non-hydrogen) atoms. The van der Waals surface area contributed by atoms with Crippen molar-refractivity contribution in [1.82, 2.24) is 0 Å². The monoisotopic (exact) mass is 188 g/mol. The molecular weight excluding hydrogens is 180 g/mol. The van der Waals surface area contributed by atoms with Crippen molar-refractivity contribution in [2.24, 2.45) is 0 Å². The molecule has 1 heterocycles. The average Bonchev–Trinajstić information content (AvgIpc) is 2.52. The lowest BCUT2D eigenvalue weighted by Gasteiger charge is -2.33. The maximum atomic E-state index is 9.05. The molecule has 0 saturated heterocycles. The van der Waals surface area contributed by atoms with Crippen LogP contribution in [0.3, 0.4) is 0 Å². The minimum absolute atomic E-state index is 0.250. The van der Waals surface area contributed by atoms with E-state index in [0.29, 0.717) is 5.56 Å². The first-order valence-electron chi connectivity index (χ1n) is 4.21. The predicted octanol–water partition coefficient (Wildman–Crippen LogP) is 2.57. The van der Waals surface area contributed by atoms with E-state index in [1.807, 2.05) is 11.4 Å². The maximum absolute atomic E-state index is 9.05. The Balaban J connectivity index is 2.36. The van der Waals surface area contributed by atoms with Crippen LogP contribution in [0.25, 0.3) is 0 Å². The van der Waals surface area contributed by atoms with Gasteiger partial charge in [0, 0.05) is 10.3 Å². The number of rotatable bonds is 1. The summed E-state index contributed by atoms with van der Waals surface area (Å²) in [5.41, 5.74) is 0.432. The molecule has 64 valence electrons. The summed E-state index contributed by atoms with van der Waals surface area (Å²) in [6, 6.07) is 6.32. The van der Waals surface area contributed by atoms with Crippen molar-refractivity contribution in [1.29, 1.82) is 10.5 Å². The van der Waals surface area contributed by atoms with Crippen molar-refractivity contribution in [3.63, 3.8) is 0 Å². The van der Waals surface area contributed by atoms with Gasteiger partial charge in [0.1, 0.15) is 6.07 Å². The molecular formula is C10H8N2S. The van der Waals surface area contributed by atoms with E-state index in [1.54, 1.807) is 0 Å². The van der Waals surface area contributed by atoms with Gasteiger partial charge in [0.2, 0.25) is 0 Å². The molecule has 0 unspecified atom stereocenters. The average molecular weight is 188 g/mol. The van der Waals surface area contributed by atoms with Gasteiger partial charge in [0.25, 0.3) is 0 Å². The minimum Gasteiger partial charge on any atom is -0.197 e. The second-order valence-electron chi connectivity index (χ2n) is 3.36. The third-order valence-corrected chi connectivity index (χ3v) is 3.76. The van der Waals surface area contributed by atoms with Crippen LogP contribution in [0.4, 0.5) is 0 Å². The molecule has 1 aliphatic carbocycles. The van der Waals surface area contributed by atoms with Crippen LogP contribution < -0.4 is 0 Å². The van der Waals surface area contributed by atoms with Gasteiger partial charge < -0.3 is 0 Å². The highest BCUT2D eigenvalue weighted by Crippen LogP contribution is 2.45. The SMILES string of the molecule is N#Cc1csc(C2(C#N)CCC2)c1. The first kappa shape index (κ1) is 8.29. The number of nitrogens with zero attached hydrogens (tertiary/aromatic N) is 2. The lowest BCUT2D eigenvalue weighted by molar-refractivity contribution is 0.330. The van der Waals surface area contributed by atoms with E-state index in [1.165, 1.54) is 11.3 Å². The molecule has 0 bridgehead atoms. The van der Waals surface area contributed by atoms with Gasteiger partial charge in [-0.3, -0.25) is 0 Å². The van der Waals surface area contributed by atoms with Crippen LogP contribution in [0, 0.1) is 22.7 Å². The van der Waals surface area contributed by atoms with Gasteiger partial charge in [-0.25, -0.2) is 0 Å². The van der Waals surface area contributed by atoms with Gasteiger partial charge in [-0.2, -0.15) is 10.5 Å². The lowest BCUT2D eigenvalue weighted by Crippen LogP contribution is -2.31. The van der Waals surface area contributed by atoms with Crippen molar-refractivity contribution in [2.75, 3.05) is 0 Å². The van der Waals surface area contributed by atoms with Gasteiger partial charge in [-0.15, -0.1) is 11.3 Å². The van der Waals surface area contributed by atoms with Crippen molar-refractivity contribution < 1.29 is 0 Å². The molecule has 0 radical (unpaired) electrons. The summed E-state index contributed by atoms with van der Waals surface area (Å²) in [5, 5.41) is 19.5. The summed E-state index contributed by atoms with van der Waals surface area (Å²) in [6.45, 7) is 0. The van der Waals surface area contributed by atoms with Crippen LogP contribution in [0.15, 0.2) is 11.4 Å². The molecule has 1 aliphatic rings. The highest BCUT2D eigenvalue weighted by molar-refractivity contribution is 7.10. The molecule has 1 aromatic heterocycles. The highest BCUT2D eigenvalue weighted by atomic mass is 32.1. The summed E-state index contributed by atoms with van der Waals surface area (Å²) in [4.78, 5) is 1.07. The molecule has 3 heteroatoms. The lowest BCUT2D eigenvalue weighted by atomic mass is 9.69. The fraction of sp³-hybridized carbons (Fsp3) is 0.400. The molecule has 1 fully saturated rings. The van der Waals surface area contributed by atoms with Crippen LogP contribution in [-0.2, 0) is 5.41 Å². The van der Waals surface area contributed by atoms with Gasteiger partial charge >= 0.3 is 0 Å². The Hall–Kier alpha value is -1.32. The number of nitriles is 2. The highest BCUT2D eigenvalue weighted by Gasteiger charge is 2.40. The van der Waals surface area contributed by atoms with E-state index >= 15 is 0 Å². The Labute approximate surface area is 81.0 Å². The molecule has 0 spiro atoms. The molecule has 0 aromatic carbocycles. The quantitative estimate of drug-likeness (QED) is 0.680. The third-order valence-electron chi connectivity index (χ3n) is 2.62. The molecule has 0 aliphatic heterocycles. The minimum atomic E-state index is -0.250. The summed E-state index contributed by atoms with van der Waals surface area (Å²) >= 11 is 1.54. The largest absolute Gasteiger partial charge is 0.197 e. The second-order valence-corrected chi connectivity index (χ2v) is 4.27. The summed E-state index contributed by atoms with van der Waals surface area (Å²) in [5.74, 6) is 0. The van der Waals surface area contributed by atoms with E-state index in [2.05, 4.69) is 12.1 Å². The van der Waals surface area contributed by atoms with E-state index in [-0.39, 0.29) is 5.41 Å². The number of hydrogen-bond donors (Lipinski definition) is 0. The van der Waals surface area contributed by atoms with E-state index in [4.69, 9.17) is 10.5 Å². The number of thiophene rings is 1. The van der Waals surface area contributed by atoms with Crippen LogP contribution in [-0.4, -0.2) is 0 Å². The van der Waals surface area contributed by atoms with E-state index < -0.39 is 0 Å². The van der Waals surface area contributed by atoms with E-state index in [0.717, 1.165) is 24.1 Å². The molecule has 1 saturated carbocycles. The first-order chi connectivity index (χ1) is 6.30. The van der Waals surface area contributed by atoms with Crippen molar-refractivity contribution >= 4 is 11.3 Å². The van der Waals surface area contributed by atoms with Gasteiger partial charge in [-0.05, 0) is 25.3 Å². The van der Waals surface area contributed by atoms with Crippen LogP contribution in [0.1, 0.15) is 29.7 Å². The fourth-order valence-corrected chi connectivity index (χ4v) is 2.63. The zero-order valence-electron chi connectivity index (χ0n) is 7.08.